The van der Waals surface area contributed by atoms with E-state index in [0.717, 1.165) is 0 Å². The number of phenols is 1. The van der Waals surface area contributed by atoms with Crippen molar-refractivity contribution in [3.05, 3.63) is 81.8 Å². The second-order valence-electron chi connectivity index (χ2n) is 7.87. The van der Waals surface area contributed by atoms with Crippen LogP contribution in [0.2, 0.25) is 10.0 Å². The van der Waals surface area contributed by atoms with Crippen molar-refractivity contribution in [2.75, 3.05) is 12.4 Å². The first-order valence-electron chi connectivity index (χ1n) is 10.6. The summed E-state index contributed by atoms with van der Waals surface area (Å²) in [5.41, 5.74) is 0.0164. The predicted molar refractivity (Wildman–Crippen MR) is 142 cm³/mol. The Hall–Kier alpha value is -3.70. The number of ether oxygens (including phenoxy) is 1. The van der Waals surface area contributed by atoms with E-state index < -0.39 is 26.7 Å². The fourth-order valence-electron chi connectivity index (χ4n) is 3.70. The summed E-state index contributed by atoms with van der Waals surface area (Å²) in [7, 11) is -3.24. The summed E-state index contributed by atoms with van der Waals surface area (Å²) in [6.45, 7) is 1.41. The van der Waals surface area contributed by atoms with Gasteiger partial charge in [-0.25, -0.2) is 0 Å². The van der Waals surface area contributed by atoms with E-state index in [2.05, 4.69) is 15.5 Å². The molecule has 0 unspecified atom stereocenters. The number of rotatable bonds is 6. The maximum absolute atomic E-state index is 13.1. The third kappa shape index (κ3) is 5.52. The molecule has 190 valence electrons. The molecule has 37 heavy (non-hydrogen) atoms. The molecule has 0 aliphatic heterocycles. The number of fused-ring (bicyclic) bond motifs is 1. The number of aromatic hydroxyl groups is 1. The van der Waals surface area contributed by atoms with Crippen molar-refractivity contribution >= 4 is 67.1 Å². The van der Waals surface area contributed by atoms with Gasteiger partial charge in [0.25, 0.3) is 16.0 Å². The molecule has 1 amide bonds. The highest BCUT2D eigenvalue weighted by molar-refractivity contribution is 7.86. The number of hydrogen-bond donors (Lipinski definition) is 3. The van der Waals surface area contributed by atoms with E-state index in [0.29, 0.717) is 27.2 Å². The number of benzene rings is 4. The van der Waals surface area contributed by atoms with E-state index in [1.807, 2.05) is 0 Å². The molecule has 0 spiro atoms. The van der Waals surface area contributed by atoms with Gasteiger partial charge in [-0.15, -0.1) is 10.2 Å². The summed E-state index contributed by atoms with van der Waals surface area (Å²) in [6, 6.07) is 15.6. The molecule has 12 heteroatoms. The molecule has 0 aromatic heterocycles. The van der Waals surface area contributed by atoms with E-state index in [9.17, 15) is 22.9 Å². The number of hydrogen-bond acceptors (Lipinski definition) is 7. The molecule has 0 radical (unpaired) electrons. The molecule has 0 bridgehead atoms. The Kier molecular flexibility index (Phi) is 7.37. The number of phenolic OH excluding ortho intramolecular Hbond substituents is 1. The van der Waals surface area contributed by atoms with Crippen LogP contribution in [0.25, 0.3) is 10.8 Å². The highest BCUT2D eigenvalue weighted by Crippen LogP contribution is 2.41. The number of amides is 1. The summed E-state index contributed by atoms with van der Waals surface area (Å²) < 4.78 is 38.8. The first-order chi connectivity index (χ1) is 17.5. The maximum atomic E-state index is 13.1. The average Bonchev–Trinajstić information content (AvgIpc) is 2.83. The number of anilines is 1. The highest BCUT2D eigenvalue weighted by atomic mass is 35.5. The van der Waals surface area contributed by atoms with Gasteiger partial charge in [-0.05, 0) is 48.2 Å². The highest BCUT2D eigenvalue weighted by Gasteiger charge is 2.22. The van der Waals surface area contributed by atoms with E-state index >= 15 is 0 Å². The van der Waals surface area contributed by atoms with Gasteiger partial charge in [-0.3, -0.25) is 9.35 Å². The zero-order valence-electron chi connectivity index (χ0n) is 19.4. The van der Waals surface area contributed by atoms with Gasteiger partial charge in [0.15, 0.2) is 5.75 Å². The third-order valence-electron chi connectivity index (χ3n) is 5.44. The monoisotopic (exact) mass is 559 g/mol. The zero-order valence-corrected chi connectivity index (χ0v) is 21.7. The molecule has 9 nitrogen and oxygen atoms in total. The summed E-state index contributed by atoms with van der Waals surface area (Å²) in [5, 5.41) is 23.2. The van der Waals surface area contributed by atoms with E-state index in [1.165, 1.54) is 38.3 Å². The Morgan fingerprint density at radius 3 is 2.46 bits per heavy atom. The molecular formula is C25H19Cl2N3O6S. The molecule has 0 aliphatic rings. The quantitative estimate of drug-likeness (QED) is 0.170. The molecule has 0 fully saturated rings. The Labute approximate surface area is 222 Å². The largest absolute Gasteiger partial charge is 0.505 e. The molecule has 0 saturated heterocycles. The van der Waals surface area contributed by atoms with Crippen LogP contribution in [0.1, 0.15) is 15.9 Å². The minimum absolute atomic E-state index is 0.0826. The lowest BCUT2D eigenvalue weighted by Gasteiger charge is -2.12. The Bertz CT molecular complexity index is 1690. The zero-order chi connectivity index (χ0) is 26.9. The molecule has 4 rings (SSSR count). The summed E-state index contributed by atoms with van der Waals surface area (Å²) in [4.78, 5) is 12.6. The van der Waals surface area contributed by atoms with E-state index in [1.54, 1.807) is 36.4 Å². The second-order valence-corrected chi connectivity index (χ2v) is 10.1. The molecule has 0 saturated carbocycles. The minimum Gasteiger partial charge on any atom is -0.505 e. The van der Waals surface area contributed by atoms with Gasteiger partial charge in [-0.1, -0.05) is 47.5 Å². The first-order valence-corrected chi connectivity index (χ1v) is 12.8. The molecular weight excluding hydrogens is 541 g/mol. The summed E-state index contributed by atoms with van der Waals surface area (Å²) in [6.07, 6.45) is 0. The van der Waals surface area contributed by atoms with Gasteiger partial charge in [0, 0.05) is 27.2 Å². The number of nitrogens with one attached hydrogen (secondary N) is 1. The van der Waals surface area contributed by atoms with Gasteiger partial charge in [-0.2, -0.15) is 8.42 Å². The van der Waals surface area contributed by atoms with E-state index in [-0.39, 0.29) is 27.5 Å². The molecule has 0 heterocycles. The SMILES string of the molecule is COc1cc(Cl)cc(NC(=O)c2cc3ccccc3c(N=Nc3ccc(Cl)c(C)c3S(=O)(=O)O)c2O)c1. The van der Waals surface area contributed by atoms with E-state index in [4.69, 9.17) is 27.9 Å². The fourth-order valence-corrected chi connectivity index (χ4v) is 5.01. The van der Waals surface area contributed by atoms with Crippen molar-refractivity contribution in [3.8, 4) is 11.5 Å². The van der Waals surface area contributed by atoms with Crippen LogP contribution in [0.5, 0.6) is 11.5 Å². The van der Waals surface area contributed by atoms with Crippen molar-refractivity contribution in [1.82, 2.24) is 0 Å². The fraction of sp³-hybridized carbons (Fsp3) is 0.0800. The minimum atomic E-state index is -4.70. The Balaban J connectivity index is 1.83. The number of nitrogens with zero attached hydrogens (tertiary/aromatic N) is 2. The molecule has 0 aliphatic carbocycles. The van der Waals surface area contributed by atoms with Crippen LogP contribution >= 0.6 is 23.2 Å². The molecule has 0 atom stereocenters. The van der Waals surface area contributed by atoms with Crippen LogP contribution in [0.3, 0.4) is 0 Å². The van der Waals surface area contributed by atoms with Crippen molar-refractivity contribution in [1.29, 1.82) is 0 Å². The normalized spacial score (nSPS) is 11.7. The topological polar surface area (TPSA) is 138 Å². The first kappa shape index (κ1) is 26.4. The molecule has 3 N–H and O–H groups in total. The lowest BCUT2D eigenvalue weighted by molar-refractivity contribution is 0.102. The number of methoxy groups -OCH3 is 1. The Morgan fingerprint density at radius 1 is 1.03 bits per heavy atom. The smallest absolute Gasteiger partial charge is 0.297 e. The molecule has 4 aromatic rings. The van der Waals surface area contributed by atoms with Crippen molar-refractivity contribution in [2.45, 2.75) is 11.8 Å². The van der Waals surface area contributed by atoms with Crippen LogP contribution in [0.4, 0.5) is 17.1 Å². The van der Waals surface area contributed by atoms with Gasteiger partial charge in [0.05, 0.1) is 12.7 Å². The van der Waals surface area contributed by atoms with Crippen LogP contribution in [-0.4, -0.2) is 31.1 Å². The average molecular weight is 560 g/mol. The number of carbonyl (C=O) groups excluding carboxylic acids is 1. The lowest BCUT2D eigenvalue weighted by Crippen LogP contribution is -2.12. The molecule has 4 aromatic carbocycles. The van der Waals surface area contributed by atoms with Gasteiger partial charge in [0.1, 0.15) is 22.0 Å². The van der Waals surface area contributed by atoms with Crippen LogP contribution in [0.15, 0.2) is 75.8 Å². The van der Waals surface area contributed by atoms with Crippen molar-refractivity contribution in [2.24, 2.45) is 10.2 Å². The van der Waals surface area contributed by atoms with Crippen molar-refractivity contribution < 1.29 is 27.6 Å². The number of carbonyl (C=O) groups is 1. The summed E-state index contributed by atoms with van der Waals surface area (Å²) >= 11 is 12.1. The number of halogens is 2. The Morgan fingerprint density at radius 2 is 1.76 bits per heavy atom. The van der Waals surface area contributed by atoms with Crippen LogP contribution in [0, 0.1) is 6.92 Å². The maximum Gasteiger partial charge on any atom is 0.297 e. The lowest BCUT2D eigenvalue weighted by atomic mass is 10.0. The number of azo groups is 1. The van der Waals surface area contributed by atoms with Gasteiger partial charge >= 0.3 is 0 Å². The van der Waals surface area contributed by atoms with Crippen molar-refractivity contribution in [3.63, 3.8) is 0 Å². The standard InChI is InChI=1S/C25H19Cl2N3O6S/c1-13-20(27)7-8-21(24(13)37(33,34)35)29-30-22-18-6-4-3-5-14(18)9-19(23(22)31)25(32)28-16-10-15(26)11-17(12-16)36-2/h3-12,31H,1-2H3,(H,28,32)(H,33,34,35). The summed E-state index contributed by atoms with van der Waals surface area (Å²) in [5.74, 6) is -0.731. The van der Waals surface area contributed by atoms with Gasteiger partial charge in [0.2, 0.25) is 0 Å². The van der Waals surface area contributed by atoms with Crippen LogP contribution in [-0.2, 0) is 10.1 Å². The van der Waals surface area contributed by atoms with Gasteiger partial charge < -0.3 is 15.2 Å². The predicted octanol–water partition coefficient (Wildman–Crippen LogP) is 7.08. The second kappa shape index (κ2) is 10.3. The van der Waals surface area contributed by atoms with Crippen LogP contribution < -0.4 is 10.1 Å². The third-order valence-corrected chi connectivity index (χ3v) is 7.10.